The van der Waals surface area contributed by atoms with Crippen molar-refractivity contribution in [3.63, 3.8) is 0 Å². The van der Waals surface area contributed by atoms with E-state index in [1.165, 1.54) is 12.1 Å². The zero-order valence-electron chi connectivity index (χ0n) is 11.2. The number of ether oxygens (including phenoxy) is 1. The van der Waals surface area contributed by atoms with E-state index in [4.69, 9.17) is 4.74 Å². The minimum absolute atomic E-state index is 0.262. The molecule has 0 unspecified atom stereocenters. The topological polar surface area (TPSA) is 64.4 Å². The van der Waals surface area contributed by atoms with Gasteiger partial charge in [0, 0.05) is 13.2 Å². The van der Waals surface area contributed by atoms with E-state index in [1.807, 2.05) is 0 Å². The summed E-state index contributed by atoms with van der Waals surface area (Å²) in [6.45, 7) is 5.81. The summed E-state index contributed by atoms with van der Waals surface area (Å²) in [4.78, 5) is 10.1. The fraction of sp³-hybridized carbons (Fsp3) is 0.538. The zero-order chi connectivity index (χ0) is 14.3. The molecule has 5 nitrogen and oxygen atoms in total. The third-order valence-electron chi connectivity index (χ3n) is 2.56. The summed E-state index contributed by atoms with van der Waals surface area (Å²) >= 11 is 0. The molecule has 106 valence electrons. The van der Waals surface area contributed by atoms with E-state index in [2.05, 4.69) is 19.2 Å². The molecule has 0 fully saturated rings. The van der Waals surface area contributed by atoms with Crippen molar-refractivity contribution in [1.82, 2.24) is 0 Å². The molecule has 0 bridgehead atoms. The molecule has 0 aliphatic heterocycles. The third-order valence-corrected chi connectivity index (χ3v) is 2.56. The predicted molar refractivity (Wildman–Crippen MR) is 71.8 cm³/mol. The lowest BCUT2D eigenvalue weighted by Crippen LogP contribution is -2.12. The zero-order valence-corrected chi connectivity index (χ0v) is 11.2. The second kappa shape index (κ2) is 7.68. The smallest absolute Gasteiger partial charge is 0.295 e. The van der Waals surface area contributed by atoms with Crippen molar-refractivity contribution in [3.05, 3.63) is 34.1 Å². The van der Waals surface area contributed by atoms with Crippen molar-refractivity contribution in [2.24, 2.45) is 5.92 Å². The number of hydrogen-bond donors (Lipinski definition) is 1. The van der Waals surface area contributed by atoms with Crippen molar-refractivity contribution in [2.75, 3.05) is 25.1 Å². The largest absolute Gasteiger partial charge is 0.380 e. The van der Waals surface area contributed by atoms with Crippen LogP contribution in [0.15, 0.2) is 18.2 Å². The number of rotatable bonds is 8. The van der Waals surface area contributed by atoms with Gasteiger partial charge in [-0.15, -0.1) is 0 Å². The molecule has 0 spiro atoms. The van der Waals surface area contributed by atoms with E-state index < -0.39 is 10.7 Å². The van der Waals surface area contributed by atoms with Crippen molar-refractivity contribution >= 4 is 11.4 Å². The minimum atomic E-state index is -0.620. The fourth-order valence-electron chi connectivity index (χ4n) is 1.48. The van der Waals surface area contributed by atoms with Gasteiger partial charge in [0.15, 0.2) is 0 Å². The summed E-state index contributed by atoms with van der Waals surface area (Å²) < 4.78 is 18.3. The predicted octanol–water partition coefficient (Wildman–Crippen LogP) is 3.21. The van der Waals surface area contributed by atoms with Crippen LogP contribution >= 0.6 is 0 Å². The van der Waals surface area contributed by atoms with Crippen LogP contribution in [-0.4, -0.2) is 24.7 Å². The first-order chi connectivity index (χ1) is 9.00. The summed E-state index contributed by atoms with van der Waals surface area (Å²) in [5.74, 6) is -0.0309. The molecule has 1 aromatic rings. The van der Waals surface area contributed by atoms with Gasteiger partial charge in [-0.05, 0) is 24.5 Å². The number of nitrogens with zero attached hydrogens (tertiary/aromatic N) is 1. The molecular formula is C13H19FN2O3. The van der Waals surface area contributed by atoms with Crippen LogP contribution in [0.2, 0.25) is 0 Å². The monoisotopic (exact) mass is 270 g/mol. The van der Waals surface area contributed by atoms with Crippen molar-refractivity contribution in [3.8, 4) is 0 Å². The van der Waals surface area contributed by atoms with E-state index in [9.17, 15) is 14.5 Å². The second-order valence-electron chi connectivity index (χ2n) is 4.64. The van der Waals surface area contributed by atoms with Crippen LogP contribution in [-0.2, 0) is 4.74 Å². The van der Waals surface area contributed by atoms with Gasteiger partial charge in [0.1, 0.15) is 11.5 Å². The molecular weight excluding hydrogens is 251 g/mol. The normalized spacial score (nSPS) is 10.7. The van der Waals surface area contributed by atoms with E-state index in [1.54, 1.807) is 0 Å². The van der Waals surface area contributed by atoms with E-state index >= 15 is 0 Å². The van der Waals surface area contributed by atoms with Crippen LogP contribution in [0.4, 0.5) is 15.8 Å². The Labute approximate surface area is 111 Å². The minimum Gasteiger partial charge on any atom is -0.380 e. The Balaban J connectivity index is 2.39. The number of hydrogen-bond acceptors (Lipinski definition) is 4. The quantitative estimate of drug-likeness (QED) is 0.447. The van der Waals surface area contributed by atoms with Crippen LogP contribution in [0.25, 0.3) is 0 Å². The summed E-state index contributed by atoms with van der Waals surface area (Å²) in [5.41, 5.74) is 0.0426. The molecule has 0 saturated carbocycles. The maximum atomic E-state index is 12.9. The number of nitro benzene ring substituents is 1. The molecule has 0 aliphatic carbocycles. The highest BCUT2D eigenvalue weighted by Gasteiger charge is 2.14. The molecule has 1 rings (SSSR count). The maximum absolute atomic E-state index is 12.9. The number of anilines is 1. The van der Waals surface area contributed by atoms with Gasteiger partial charge in [-0.25, -0.2) is 4.39 Å². The number of nitro groups is 1. The Bertz CT molecular complexity index is 424. The molecule has 0 aliphatic rings. The van der Waals surface area contributed by atoms with Gasteiger partial charge in [0.25, 0.3) is 5.69 Å². The highest BCUT2D eigenvalue weighted by molar-refractivity contribution is 5.61. The van der Waals surface area contributed by atoms with E-state index in [0.29, 0.717) is 31.4 Å². The molecule has 0 atom stereocenters. The summed E-state index contributed by atoms with van der Waals surface area (Å²) in [6, 6.07) is 3.46. The highest BCUT2D eigenvalue weighted by atomic mass is 19.1. The van der Waals surface area contributed by atoms with E-state index in [0.717, 1.165) is 12.5 Å². The van der Waals surface area contributed by atoms with Crippen molar-refractivity contribution < 1.29 is 14.1 Å². The average molecular weight is 270 g/mol. The SMILES string of the molecule is CC(C)CCOCCNc1ccc(F)cc1[N+](=O)[O-]. The first kappa shape index (κ1) is 15.4. The molecule has 19 heavy (non-hydrogen) atoms. The van der Waals surface area contributed by atoms with Gasteiger partial charge in [0.2, 0.25) is 0 Å². The Morgan fingerprint density at radius 1 is 1.42 bits per heavy atom. The van der Waals surface area contributed by atoms with Crippen LogP contribution in [0, 0.1) is 21.8 Å². The van der Waals surface area contributed by atoms with Gasteiger partial charge >= 0.3 is 0 Å². The fourth-order valence-corrected chi connectivity index (χ4v) is 1.48. The van der Waals surface area contributed by atoms with Gasteiger partial charge in [-0.1, -0.05) is 13.8 Å². The Morgan fingerprint density at radius 2 is 2.16 bits per heavy atom. The number of nitrogens with one attached hydrogen (secondary N) is 1. The Kier molecular flexibility index (Phi) is 6.21. The average Bonchev–Trinajstić information content (AvgIpc) is 2.34. The van der Waals surface area contributed by atoms with Crippen LogP contribution in [0.1, 0.15) is 20.3 Å². The standard InChI is InChI=1S/C13H19FN2O3/c1-10(2)5-7-19-8-6-15-12-4-3-11(14)9-13(12)16(17)18/h3-4,9-10,15H,5-8H2,1-2H3. The lowest BCUT2D eigenvalue weighted by Gasteiger charge is -2.09. The van der Waals surface area contributed by atoms with E-state index in [-0.39, 0.29) is 5.69 Å². The summed E-state index contributed by atoms with van der Waals surface area (Å²) in [5, 5.41) is 13.6. The molecule has 0 saturated heterocycles. The van der Waals surface area contributed by atoms with Gasteiger partial charge < -0.3 is 10.1 Å². The third kappa shape index (κ3) is 5.65. The van der Waals surface area contributed by atoms with Crippen molar-refractivity contribution in [1.29, 1.82) is 0 Å². The molecule has 6 heteroatoms. The Hall–Kier alpha value is -1.69. The van der Waals surface area contributed by atoms with Crippen LogP contribution in [0.5, 0.6) is 0 Å². The molecule has 1 N–H and O–H groups in total. The molecule has 0 radical (unpaired) electrons. The molecule has 0 aromatic heterocycles. The van der Waals surface area contributed by atoms with Gasteiger partial charge in [-0.3, -0.25) is 10.1 Å². The van der Waals surface area contributed by atoms with Crippen LogP contribution < -0.4 is 5.32 Å². The van der Waals surface area contributed by atoms with Gasteiger partial charge in [-0.2, -0.15) is 0 Å². The first-order valence-electron chi connectivity index (χ1n) is 6.26. The Morgan fingerprint density at radius 3 is 2.79 bits per heavy atom. The lowest BCUT2D eigenvalue weighted by molar-refractivity contribution is -0.384. The summed E-state index contributed by atoms with van der Waals surface area (Å²) in [7, 11) is 0. The summed E-state index contributed by atoms with van der Waals surface area (Å²) in [6.07, 6.45) is 0.983. The lowest BCUT2D eigenvalue weighted by atomic mass is 10.1. The van der Waals surface area contributed by atoms with Gasteiger partial charge in [0.05, 0.1) is 17.6 Å². The highest BCUT2D eigenvalue weighted by Crippen LogP contribution is 2.24. The maximum Gasteiger partial charge on any atom is 0.295 e. The molecule has 0 amide bonds. The van der Waals surface area contributed by atoms with Crippen molar-refractivity contribution in [2.45, 2.75) is 20.3 Å². The molecule has 1 aromatic carbocycles. The van der Waals surface area contributed by atoms with Crippen LogP contribution in [0.3, 0.4) is 0 Å². The number of halogens is 1. The second-order valence-corrected chi connectivity index (χ2v) is 4.64. The first-order valence-corrected chi connectivity index (χ1v) is 6.26. The number of benzene rings is 1. The molecule has 0 heterocycles.